The van der Waals surface area contributed by atoms with Crippen LogP contribution in [0.5, 0.6) is 0 Å². The zero-order valence-electron chi connectivity index (χ0n) is 11.3. The highest BCUT2D eigenvalue weighted by Crippen LogP contribution is 2.22. The second-order valence-corrected chi connectivity index (χ2v) is 4.62. The van der Waals surface area contributed by atoms with Gasteiger partial charge in [-0.2, -0.15) is 0 Å². The lowest BCUT2D eigenvalue weighted by molar-refractivity contribution is 0.499. The first-order valence-corrected chi connectivity index (χ1v) is 6.31. The molecule has 0 atom stereocenters. The highest BCUT2D eigenvalue weighted by molar-refractivity contribution is 5.44. The Labute approximate surface area is 115 Å². The Morgan fingerprint density at radius 3 is 2.85 bits per heavy atom. The van der Waals surface area contributed by atoms with Gasteiger partial charge in [-0.1, -0.05) is 6.07 Å². The molecule has 0 aliphatic carbocycles. The molecule has 0 amide bonds. The third-order valence-corrected chi connectivity index (χ3v) is 3.16. The fourth-order valence-electron chi connectivity index (χ4n) is 2.02. The Bertz CT molecular complexity index is 782. The molecule has 0 spiro atoms. The summed E-state index contributed by atoms with van der Waals surface area (Å²) >= 11 is 0. The highest BCUT2D eigenvalue weighted by Gasteiger charge is 2.14. The lowest BCUT2D eigenvalue weighted by atomic mass is 10.3. The topological polar surface area (TPSA) is 61.2 Å². The first-order valence-electron chi connectivity index (χ1n) is 6.31. The van der Waals surface area contributed by atoms with Gasteiger partial charge >= 0.3 is 0 Å². The number of nitrogens with zero attached hydrogens (tertiary/aromatic N) is 2. The van der Waals surface area contributed by atoms with E-state index in [1.165, 1.54) is 0 Å². The smallest absolute Gasteiger partial charge is 0.263 e. The van der Waals surface area contributed by atoms with Gasteiger partial charge in [0.25, 0.3) is 11.4 Å². The van der Waals surface area contributed by atoms with E-state index in [0.717, 1.165) is 5.69 Å². The molecule has 0 N–H and O–H groups in total. The third-order valence-electron chi connectivity index (χ3n) is 3.16. The van der Waals surface area contributed by atoms with Gasteiger partial charge in [0.15, 0.2) is 5.76 Å². The summed E-state index contributed by atoms with van der Waals surface area (Å²) in [5.41, 5.74) is 1.42. The molecule has 3 heterocycles. The summed E-state index contributed by atoms with van der Waals surface area (Å²) in [6.07, 6.45) is 3.32. The number of pyridine rings is 1. The Hall–Kier alpha value is -2.56. The summed E-state index contributed by atoms with van der Waals surface area (Å²) in [7, 11) is 0. The maximum atomic E-state index is 12.0. The van der Waals surface area contributed by atoms with Crippen LogP contribution in [-0.4, -0.2) is 9.55 Å². The van der Waals surface area contributed by atoms with E-state index < -0.39 is 0 Å². The first-order chi connectivity index (χ1) is 9.65. The van der Waals surface area contributed by atoms with Crippen LogP contribution < -0.4 is 5.56 Å². The first kappa shape index (κ1) is 12.5. The van der Waals surface area contributed by atoms with E-state index in [4.69, 9.17) is 8.83 Å². The van der Waals surface area contributed by atoms with Crippen LogP contribution in [0.15, 0.2) is 50.4 Å². The molecule has 102 valence electrons. The summed E-state index contributed by atoms with van der Waals surface area (Å²) < 4.78 is 12.5. The monoisotopic (exact) mass is 270 g/mol. The zero-order chi connectivity index (χ0) is 14.1. The minimum absolute atomic E-state index is 0.0190. The second kappa shape index (κ2) is 4.85. The van der Waals surface area contributed by atoms with Crippen LogP contribution in [0, 0.1) is 13.8 Å². The number of aryl methyl sites for hydroxylation is 2. The van der Waals surface area contributed by atoms with Crippen LogP contribution in [-0.2, 0) is 6.54 Å². The molecule has 20 heavy (non-hydrogen) atoms. The molecule has 0 unspecified atom stereocenters. The largest absolute Gasteiger partial charge is 0.459 e. The van der Waals surface area contributed by atoms with Gasteiger partial charge in [0.2, 0.25) is 0 Å². The van der Waals surface area contributed by atoms with Gasteiger partial charge in [0.05, 0.1) is 12.8 Å². The molecule has 0 saturated carbocycles. The minimum Gasteiger partial charge on any atom is -0.459 e. The van der Waals surface area contributed by atoms with Gasteiger partial charge in [0.1, 0.15) is 11.5 Å². The van der Waals surface area contributed by atoms with Crippen molar-refractivity contribution < 1.29 is 8.83 Å². The number of aromatic nitrogens is 2. The van der Waals surface area contributed by atoms with Crippen molar-refractivity contribution in [3.8, 4) is 11.7 Å². The van der Waals surface area contributed by atoms with Gasteiger partial charge in [-0.05, 0) is 32.0 Å². The molecule has 5 heteroatoms. The Morgan fingerprint density at radius 1 is 1.25 bits per heavy atom. The van der Waals surface area contributed by atoms with E-state index in [9.17, 15) is 4.79 Å². The Balaban J connectivity index is 1.96. The minimum atomic E-state index is -0.0190. The maximum Gasteiger partial charge on any atom is 0.263 e. The lowest BCUT2D eigenvalue weighted by Gasteiger charge is -2.03. The van der Waals surface area contributed by atoms with Crippen LogP contribution in [0.2, 0.25) is 0 Å². The molecule has 0 saturated heterocycles. The predicted molar refractivity (Wildman–Crippen MR) is 73.5 cm³/mol. The molecule has 3 aromatic rings. The average molecular weight is 270 g/mol. The number of oxazole rings is 1. The standard InChI is InChI=1S/C15H14N2O3/c1-10-5-3-7-17(15(10)18)9-12-11(2)20-14(16-12)13-6-4-8-19-13/h3-8H,9H2,1-2H3. The molecule has 5 nitrogen and oxygen atoms in total. The Kier molecular flexibility index (Phi) is 3.02. The van der Waals surface area contributed by atoms with E-state index in [1.54, 1.807) is 42.1 Å². The zero-order valence-corrected chi connectivity index (χ0v) is 11.3. The Morgan fingerprint density at radius 2 is 2.10 bits per heavy atom. The van der Waals surface area contributed by atoms with Crippen molar-refractivity contribution in [3.63, 3.8) is 0 Å². The quantitative estimate of drug-likeness (QED) is 0.734. The molecule has 0 bridgehead atoms. The van der Waals surface area contributed by atoms with Gasteiger partial charge in [0, 0.05) is 11.8 Å². The predicted octanol–water partition coefficient (Wildman–Crippen LogP) is 2.76. The fraction of sp³-hybridized carbons (Fsp3) is 0.200. The summed E-state index contributed by atoms with van der Waals surface area (Å²) in [6.45, 7) is 4.01. The van der Waals surface area contributed by atoms with Gasteiger partial charge in [-0.3, -0.25) is 4.79 Å². The van der Waals surface area contributed by atoms with Crippen molar-refractivity contribution in [1.29, 1.82) is 0 Å². The normalized spacial score (nSPS) is 10.9. The van der Waals surface area contributed by atoms with Crippen LogP contribution in [0.1, 0.15) is 17.0 Å². The van der Waals surface area contributed by atoms with Crippen molar-refractivity contribution in [2.24, 2.45) is 0 Å². The van der Waals surface area contributed by atoms with Crippen molar-refractivity contribution in [3.05, 3.63) is 64.1 Å². The number of hydrogen-bond acceptors (Lipinski definition) is 4. The van der Waals surface area contributed by atoms with E-state index in [0.29, 0.717) is 29.5 Å². The van der Waals surface area contributed by atoms with E-state index in [-0.39, 0.29) is 5.56 Å². The van der Waals surface area contributed by atoms with Crippen LogP contribution in [0.25, 0.3) is 11.7 Å². The van der Waals surface area contributed by atoms with Crippen LogP contribution >= 0.6 is 0 Å². The summed E-state index contributed by atoms with van der Waals surface area (Å²) in [6, 6.07) is 7.20. The molecule has 0 aliphatic heterocycles. The van der Waals surface area contributed by atoms with Crippen molar-refractivity contribution in [2.75, 3.05) is 0 Å². The van der Waals surface area contributed by atoms with Gasteiger partial charge in [-0.15, -0.1) is 0 Å². The molecule has 0 fully saturated rings. The van der Waals surface area contributed by atoms with E-state index >= 15 is 0 Å². The number of hydrogen-bond donors (Lipinski definition) is 0. The van der Waals surface area contributed by atoms with Crippen LogP contribution in [0.3, 0.4) is 0 Å². The number of furan rings is 1. The lowest BCUT2D eigenvalue weighted by Crippen LogP contribution is -2.22. The van der Waals surface area contributed by atoms with E-state index in [1.807, 2.05) is 13.0 Å². The van der Waals surface area contributed by atoms with Crippen LogP contribution in [0.4, 0.5) is 0 Å². The van der Waals surface area contributed by atoms with Crippen molar-refractivity contribution in [1.82, 2.24) is 9.55 Å². The number of rotatable bonds is 3. The van der Waals surface area contributed by atoms with Crippen molar-refractivity contribution >= 4 is 0 Å². The van der Waals surface area contributed by atoms with Gasteiger partial charge in [-0.25, -0.2) is 4.98 Å². The summed E-state index contributed by atoms with van der Waals surface area (Å²) in [5.74, 6) is 1.70. The molecule has 0 aromatic carbocycles. The van der Waals surface area contributed by atoms with Crippen molar-refractivity contribution in [2.45, 2.75) is 20.4 Å². The summed E-state index contributed by atoms with van der Waals surface area (Å²) in [5, 5.41) is 0. The summed E-state index contributed by atoms with van der Waals surface area (Å²) in [4.78, 5) is 16.4. The fourth-order valence-corrected chi connectivity index (χ4v) is 2.02. The molecular weight excluding hydrogens is 256 g/mol. The maximum absolute atomic E-state index is 12.0. The molecule has 3 aromatic heterocycles. The van der Waals surface area contributed by atoms with E-state index in [2.05, 4.69) is 4.98 Å². The molecule has 3 rings (SSSR count). The molecule has 0 aliphatic rings. The molecular formula is C15H14N2O3. The molecule has 0 radical (unpaired) electrons. The highest BCUT2D eigenvalue weighted by atomic mass is 16.4. The third kappa shape index (κ3) is 2.18. The SMILES string of the molecule is Cc1oc(-c2ccco2)nc1Cn1cccc(C)c1=O. The van der Waals surface area contributed by atoms with Gasteiger partial charge < -0.3 is 13.4 Å². The average Bonchev–Trinajstić information content (AvgIpc) is 3.05. The second-order valence-electron chi connectivity index (χ2n) is 4.62.